The van der Waals surface area contributed by atoms with E-state index in [0.717, 1.165) is 11.3 Å². The van der Waals surface area contributed by atoms with Crippen LogP contribution in [0.25, 0.3) is 0 Å². The normalized spacial score (nSPS) is 21.7. The Kier molecular flexibility index (Phi) is 4.21. The number of ether oxygens (including phenoxy) is 1. The Morgan fingerprint density at radius 3 is 2.67 bits per heavy atom. The Bertz CT molecular complexity index is 569. The van der Waals surface area contributed by atoms with Crippen LogP contribution in [0.5, 0.6) is 5.75 Å². The van der Waals surface area contributed by atoms with Gasteiger partial charge in [0.25, 0.3) is 0 Å². The molecule has 0 aromatic heterocycles. The number of carboxylic acids is 1. The van der Waals surface area contributed by atoms with E-state index in [0.29, 0.717) is 31.6 Å². The van der Waals surface area contributed by atoms with Crippen LogP contribution in [0.1, 0.15) is 32.3 Å². The van der Waals surface area contributed by atoms with E-state index in [1.165, 1.54) is 0 Å². The highest BCUT2D eigenvalue weighted by molar-refractivity contribution is 6.10. The number of anilines is 1. The number of nitrogens with zero attached hydrogens (tertiary/aromatic N) is 1. The summed E-state index contributed by atoms with van der Waals surface area (Å²) in [6.45, 7) is 4.05. The number of fused-ring (bicyclic) bond motifs is 1. The van der Waals surface area contributed by atoms with Crippen molar-refractivity contribution in [2.24, 2.45) is 5.41 Å². The van der Waals surface area contributed by atoms with Gasteiger partial charge in [-0.15, -0.1) is 0 Å². The van der Waals surface area contributed by atoms with Gasteiger partial charge in [-0.2, -0.15) is 0 Å². The van der Waals surface area contributed by atoms with E-state index < -0.39 is 11.4 Å². The minimum absolute atomic E-state index is 0.294. The van der Waals surface area contributed by atoms with Crippen LogP contribution in [0, 0.1) is 5.41 Å². The molecular weight excluding hydrogens is 270 g/mol. The largest absolute Gasteiger partial charge is 0.497 e. The molecule has 1 aromatic rings. The Hall–Kier alpha value is -2.04. The summed E-state index contributed by atoms with van der Waals surface area (Å²) in [4.78, 5) is 26.1. The van der Waals surface area contributed by atoms with E-state index >= 15 is 0 Å². The van der Waals surface area contributed by atoms with Crippen LogP contribution in [0.3, 0.4) is 0 Å². The number of amides is 1. The van der Waals surface area contributed by atoms with Gasteiger partial charge in [0.1, 0.15) is 11.2 Å². The van der Waals surface area contributed by atoms with Gasteiger partial charge in [-0.05, 0) is 37.8 Å². The highest BCUT2D eigenvalue weighted by atomic mass is 16.5. The summed E-state index contributed by atoms with van der Waals surface area (Å²) in [5.74, 6) is -0.695. The fourth-order valence-electron chi connectivity index (χ4n) is 2.95. The number of benzene rings is 1. The Labute approximate surface area is 124 Å². The van der Waals surface area contributed by atoms with Crippen LogP contribution in [-0.2, 0) is 16.0 Å². The third-order valence-corrected chi connectivity index (χ3v) is 4.39. The molecule has 0 bridgehead atoms. The molecule has 1 heterocycles. The molecule has 0 spiro atoms. The molecule has 0 saturated heterocycles. The second-order valence-corrected chi connectivity index (χ2v) is 5.28. The van der Waals surface area contributed by atoms with Gasteiger partial charge in [-0.1, -0.05) is 13.0 Å². The second kappa shape index (κ2) is 5.76. The van der Waals surface area contributed by atoms with Gasteiger partial charge < -0.3 is 14.7 Å². The molecule has 0 aliphatic carbocycles. The third-order valence-electron chi connectivity index (χ3n) is 4.39. The van der Waals surface area contributed by atoms with Gasteiger partial charge in [0, 0.05) is 12.6 Å². The number of rotatable bonds is 4. The minimum Gasteiger partial charge on any atom is -0.497 e. The lowest BCUT2D eigenvalue weighted by molar-refractivity contribution is -0.155. The van der Waals surface area contributed by atoms with E-state index in [-0.39, 0.29) is 5.91 Å². The lowest BCUT2D eigenvalue weighted by atomic mass is 9.79. The molecule has 21 heavy (non-hydrogen) atoms. The maximum atomic E-state index is 12.8. The van der Waals surface area contributed by atoms with Gasteiger partial charge in [-0.3, -0.25) is 9.59 Å². The SMILES string of the molecule is CCN1C(=O)C(CC)(C(=O)O)CCc2ccc(OC)cc21. The predicted molar refractivity (Wildman–Crippen MR) is 79.7 cm³/mol. The smallest absolute Gasteiger partial charge is 0.319 e. The van der Waals surface area contributed by atoms with Gasteiger partial charge in [0.05, 0.1) is 12.8 Å². The maximum Gasteiger partial charge on any atom is 0.319 e. The minimum atomic E-state index is -1.33. The first-order valence-electron chi connectivity index (χ1n) is 7.22. The molecule has 114 valence electrons. The highest BCUT2D eigenvalue weighted by Crippen LogP contribution is 2.39. The van der Waals surface area contributed by atoms with E-state index in [9.17, 15) is 14.7 Å². The molecule has 0 saturated carbocycles. The lowest BCUT2D eigenvalue weighted by Crippen LogP contribution is -2.47. The summed E-state index contributed by atoms with van der Waals surface area (Å²) in [5.41, 5.74) is 0.420. The summed E-state index contributed by atoms with van der Waals surface area (Å²) in [6, 6.07) is 5.57. The molecule has 1 aliphatic heterocycles. The molecule has 0 radical (unpaired) electrons. The Morgan fingerprint density at radius 2 is 2.14 bits per heavy atom. The van der Waals surface area contributed by atoms with E-state index in [1.54, 1.807) is 18.9 Å². The average Bonchev–Trinajstić information content (AvgIpc) is 2.61. The van der Waals surface area contributed by atoms with Crippen molar-refractivity contribution < 1.29 is 19.4 Å². The van der Waals surface area contributed by atoms with Gasteiger partial charge in [-0.25, -0.2) is 0 Å². The summed E-state index contributed by atoms with van der Waals surface area (Å²) < 4.78 is 5.22. The monoisotopic (exact) mass is 291 g/mol. The van der Waals surface area contributed by atoms with E-state index in [1.807, 2.05) is 25.1 Å². The summed E-state index contributed by atoms with van der Waals surface area (Å²) >= 11 is 0. The topological polar surface area (TPSA) is 66.8 Å². The second-order valence-electron chi connectivity index (χ2n) is 5.28. The van der Waals surface area contributed by atoms with Crippen LogP contribution >= 0.6 is 0 Å². The number of hydrogen-bond acceptors (Lipinski definition) is 3. The van der Waals surface area contributed by atoms with Gasteiger partial charge in [0.15, 0.2) is 0 Å². The molecule has 1 amide bonds. The van der Waals surface area contributed by atoms with Gasteiger partial charge >= 0.3 is 5.97 Å². The summed E-state index contributed by atoms with van der Waals surface area (Å²) in [5, 5.41) is 9.61. The van der Waals surface area contributed by atoms with Crippen molar-refractivity contribution in [1.82, 2.24) is 0 Å². The fraction of sp³-hybridized carbons (Fsp3) is 0.500. The summed E-state index contributed by atoms with van der Waals surface area (Å²) in [6.07, 6.45) is 1.19. The molecule has 0 fully saturated rings. The zero-order chi connectivity index (χ0) is 15.6. The lowest BCUT2D eigenvalue weighted by Gasteiger charge is -2.30. The van der Waals surface area contributed by atoms with Crippen molar-refractivity contribution in [3.63, 3.8) is 0 Å². The van der Waals surface area contributed by atoms with Crippen LogP contribution < -0.4 is 9.64 Å². The van der Waals surface area contributed by atoms with Crippen molar-refractivity contribution in [3.8, 4) is 5.75 Å². The Morgan fingerprint density at radius 1 is 1.43 bits per heavy atom. The summed E-state index contributed by atoms with van der Waals surface area (Å²) in [7, 11) is 1.57. The van der Waals surface area contributed by atoms with Crippen molar-refractivity contribution in [3.05, 3.63) is 23.8 Å². The number of aryl methyl sites for hydroxylation is 1. The number of carboxylic acid groups (broad SMARTS) is 1. The number of aliphatic carboxylic acids is 1. The molecular formula is C16H21NO4. The zero-order valence-corrected chi connectivity index (χ0v) is 12.7. The van der Waals surface area contributed by atoms with Crippen LogP contribution in [0.15, 0.2) is 18.2 Å². The van der Waals surface area contributed by atoms with Crippen molar-refractivity contribution >= 4 is 17.6 Å². The maximum absolute atomic E-state index is 12.8. The standard InChI is InChI=1S/C16H21NO4/c1-4-16(15(19)20)9-8-11-6-7-12(21-3)10-13(11)17(5-2)14(16)18/h6-7,10H,4-5,8-9H2,1-3H3,(H,19,20). The van der Waals surface area contributed by atoms with Crippen LogP contribution in [-0.4, -0.2) is 30.6 Å². The van der Waals surface area contributed by atoms with E-state index in [4.69, 9.17) is 4.74 Å². The molecule has 5 heteroatoms. The quantitative estimate of drug-likeness (QED) is 0.865. The number of methoxy groups -OCH3 is 1. The zero-order valence-electron chi connectivity index (χ0n) is 12.7. The molecule has 2 rings (SSSR count). The van der Waals surface area contributed by atoms with Crippen molar-refractivity contribution in [2.45, 2.75) is 33.1 Å². The molecule has 1 atom stereocenters. The van der Waals surface area contributed by atoms with Crippen LogP contribution in [0.4, 0.5) is 5.69 Å². The number of hydrogen-bond donors (Lipinski definition) is 1. The first-order valence-corrected chi connectivity index (χ1v) is 7.22. The Balaban J connectivity index is 2.57. The fourth-order valence-corrected chi connectivity index (χ4v) is 2.95. The predicted octanol–water partition coefficient (Wildman–Crippen LogP) is 2.48. The first kappa shape index (κ1) is 15.4. The van der Waals surface area contributed by atoms with Crippen molar-refractivity contribution in [1.29, 1.82) is 0 Å². The molecule has 5 nitrogen and oxygen atoms in total. The molecule has 1 unspecified atom stereocenters. The number of carbonyl (C=O) groups is 2. The average molecular weight is 291 g/mol. The first-order chi connectivity index (χ1) is 10.00. The molecule has 1 aromatic carbocycles. The van der Waals surface area contributed by atoms with Crippen molar-refractivity contribution in [2.75, 3.05) is 18.6 Å². The van der Waals surface area contributed by atoms with Gasteiger partial charge in [0.2, 0.25) is 5.91 Å². The third kappa shape index (κ3) is 2.37. The molecule has 1 aliphatic rings. The number of carbonyl (C=O) groups excluding carboxylic acids is 1. The van der Waals surface area contributed by atoms with E-state index in [2.05, 4.69) is 0 Å². The highest BCUT2D eigenvalue weighted by Gasteiger charge is 2.48. The van der Waals surface area contributed by atoms with Crippen LogP contribution in [0.2, 0.25) is 0 Å². The molecule has 1 N–H and O–H groups in total.